The lowest BCUT2D eigenvalue weighted by atomic mass is 10.0. The molecule has 0 spiro atoms. The fraction of sp³-hybridized carbons (Fsp3) is 0.667. The van der Waals surface area contributed by atoms with Gasteiger partial charge >= 0.3 is 6.18 Å². The predicted molar refractivity (Wildman–Crippen MR) is 78.8 cm³/mol. The molecular weight excluding hydrogens is 295 g/mol. The van der Waals surface area contributed by atoms with E-state index in [1.54, 1.807) is 0 Å². The van der Waals surface area contributed by atoms with Gasteiger partial charge in [-0.05, 0) is 38.4 Å². The van der Waals surface area contributed by atoms with Crippen LogP contribution < -0.4 is 4.90 Å². The van der Waals surface area contributed by atoms with Crippen LogP contribution in [0.3, 0.4) is 0 Å². The van der Waals surface area contributed by atoms with Crippen LogP contribution in [0.15, 0.2) is 18.3 Å². The summed E-state index contributed by atoms with van der Waals surface area (Å²) in [6.07, 6.45) is -0.783. The smallest absolute Gasteiger partial charge is 0.396 e. The quantitative estimate of drug-likeness (QED) is 0.905. The Morgan fingerprint density at radius 3 is 2.50 bits per heavy atom. The third kappa shape index (κ3) is 4.33. The van der Waals surface area contributed by atoms with Crippen LogP contribution >= 0.6 is 0 Å². The summed E-state index contributed by atoms with van der Waals surface area (Å²) < 4.78 is 37.6. The molecule has 1 N–H and O–H groups in total. The molecule has 22 heavy (non-hydrogen) atoms. The Morgan fingerprint density at radius 2 is 2.00 bits per heavy atom. The maximum absolute atomic E-state index is 12.5. The fourth-order valence-corrected chi connectivity index (χ4v) is 2.78. The first-order valence-electron chi connectivity index (χ1n) is 7.51. The number of nitrogens with zero attached hydrogens (tertiary/aromatic N) is 3. The van der Waals surface area contributed by atoms with E-state index in [1.807, 2.05) is 11.9 Å². The zero-order valence-electron chi connectivity index (χ0n) is 12.7. The summed E-state index contributed by atoms with van der Waals surface area (Å²) in [5.74, 6) is 0.601. The van der Waals surface area contributed by atoms with E-state index in [0.29, 0.717) is 11.9 Å². The lowest BCUT2D eigenvalue weighted by molar-refractivity contribution is -0.137. The van der Waals surface area contributed by atoms with Crippen molar-refractivity contribution in [2.45, 2.75) is 31.5 Å². The topological polar surface area (TPSA) is 39.6 Å². The molecule has 1 saturated heterocycles. The minimum Gasteiger partial charge on any atom is -0.396 e. The van der Waals surface area contributed by atoms with Gasteiger partial charge in [0, 0.05) is 38.5 Å². The van der Waals surface area contributed by atoms with Crippen molar-refractivity contribution in [3.8, 4) is 0 Å². The molecule has 0 bridgehead atoms. The molecule has 1 aromatic rings. The Kier molecular flexibility index (Phi) is 5.63. The van der Waals surface area contributed by atoms with Crippen molar-refractivity contribution in [3.63, 3.8) is 0 Å². The molecule has 2 rings (SSSR count). The van der Waals surface area contributed by atoms with Gasteiger partial charge in [-0.1, -0.05) is 0 Å². The second-order valence-corrected chi connectivity index (χ2v) is 5.68. The Labute approximate surface area is 128 Å². The average Bonchev–Trinajstić information content (AvgIpc) is 2.52. The minimum absolute atomic E-state index is 0.193. The molecule has 0 saturated carbocycles. The SMILES string of the molecule is CN(CCCO)C1CCN(c2ccc(C(F)(F)F)cn2)CC1. The molecule has 1 aliphatic heterocycles. The summed E-state index contributed by atoms with van der Waals surface area (Å²) in [5.41, 5.74) is -0.713. The van der Waals surface area contributed by atoms with Gasteiger partial charge in [0.1, 0.15) is 5.82 Å². The number of anilines is 1. The zero-order chi connectivity index (χ0) is 16.2. The zero-order valence-corrected chi connectivity index (χ0v) is 12.7. The molecule has 0 amide bonds. The molecule has 0 aromatic carbocycles. The highest BCUT2D eigenvalue weighted by atomic mass is 19.4. The van der Waals surface area contributed by atoms with E-state index in [-0.39, 0.29) is 6.61 Å². The standard InChI is InChI=1S/C15H22F3N3O/c1-20(7-2-10-22)13-5-8-21(9-6-13)14-4-3-12(11-19-14)15(16,17)18/h3-4,11,13,22H,2,5-10H2,1H3. The number of hydrogen-bond acceptors (Lipinski definition) is 4. The summed E-state index contributed by atoms with van der Waals surface area (Å²) in [7, 11) is 2.05. The molecule has 0 aliphatic carbocycles. The molecule has 1 aliphatic rings. The van der Waals surface area contributed by atoms with E-state index in [1.165, 1.54) is 6.07 Å². The van der Waals surface area contributed by atoms with Gasteiger partial charge in [0.25, 0.3) is 0 Å². The van der Waals surface area contributed by atoms with Crippen LogP contribution in [0.25, 0.3) is 0 Å². The Bertz CT molecular complexity index is 456. The molecular formula is C15H22F3N3O. The molecule has 1 fully saturated rings. The van der Waals surface area contributed by atoms with E-state index in [0.717, 1.165) is 51.2 Å². The summed E-state index contributed by atoms with van der Waals surface area (Å²) in [6, 6.07) is 2.98. The van der Waals surface area contributed by atoms with Gasteiger partial charge in [-0.2, -0.15) is 13.2 Å². The van der Waals surface area contributed by atoms with Gasteiger partial charge in [-0.15, -0.1) is 0 Å². The summed E-state index contributed by atoms with van der Waals surface area (Å²) in [6.45, 7) is 2.62. The van der Waals surface area contributed by atoms with Gasteiger partial charge in [0.2, 0.25) is 0 Å². The Hall–Kier alpha value is -1.34. The average molecular weight is 317 g/mol. The van der Waals surface area contributed by atoms with Gasteiger partial charge in [-0.3, -0.25) is 0 Å². The summed E-state index contributed by atoms with van der Waals surface area (Å²) in [4.78, 5) is 8.22. The van der Waals surface area contributed by atoms with Crippen molar-refractivity contribution < 1.29 is 18.3 Å². The van der Waals surface area contributed by atoms with Crippen LogP contribution in [-0.2, 0) is 6.18 Å². The highest BCUT2D eigenvalue weighted by Crippen LogP contribution is 2.30. The van der Waals surface area contributed by atoms with Crippen LogP contribution in [-0.4, -0.2) is 54.3 Å². The number of hydrogen-bond donors (Lipinski definition) is 1. The first-order chi connectivity index (χ1) is 10.4. The molecule has 1 aromatic heterocycles. The summed E-state index contributed by atoms with van der Waals surface area (Å²) in [5, 5.41) is 8.86. The maximum Gasteiger partial charge on any atom is 0.417 e. The molecule has 0 atom stereocenters. The molecule has 2 heterocycles. The first kappa shape index (κ1) is 17.0. The van der Waals surface area contributed by atoms with Crippen molar-refractivity contribution in [3.05, 3.63) is 23.9 Å². The Morgan fingerprint density at radius 1 is 1.32 bits per heavy atom. The van der Waals surface area contributed by atoms with E-state index < -0.39 is 11.7 Å². The summed E-state index contributed by atoms with van der Waals surface area (Å²) >= 11 is 0. The molecule has 7 heteroatoms. The van der Waals surface area contributed by atoms with Crippen LogP contribution in [0, 0.1) is 0 Å². The first-order valence-corrected chi connectivity index (χ1v) is 7.51. The fourth-order valence-electron chi connectivity index (χ4n) is 2.78. The number of pyridine rings is 1. The number of aliphatic hydroxyl groups excluding tert-OH is 1. The number of aromatic nitrogens is 1. The Balaban J connectivity index is 1.89. The van der Waals surface area contributed by atoms with E-state index >= 15 is 0 Å². The van der Waals surface area contributed by atoms with E-state index in [9.17, 15) is 13.2 Å². The second-order valence-electron chi connectivity index (χ2n) is 5.68. The van der Waals surface area contributed by atoms with Crippen LogP contribution in [0.4, 0.5) is 19.0 Å². The number of halogens is 3. The maximum atomic E-state index is 12.5. The molecule has 4 nitrogen and oxygen atoms in total. The van der Waals surface area contributed by atoms with Crippen LogP contribution in [0.2, 0.25) is 0 Å². The monoisotopic (exact) mass is 317 g/mol. The van der Waals surface area contributed by atoms with Crippen molar-refractivity contribution in [2.75, 3.05) is 38.2 Å². The van der Waals surface area contributed by atoms with Crippen molar-refractivity contribution in [1.29, 1.82) is 0 Å². The minimum atomic E-state index is -4.34. The predicted octanol–water partition coefficient (Wildman–Crippen LogP) is 2.38. The largest absolute Gasteiger partial charge is 0.417 e. The van der Waals surface area contributed by atoms with Gasteiger partial charge in [-0.25, -0.2) is 4.98 Å². The van der Waals surface area contributed by atoms with E-state index in [4.69, 9.17) is 5.11 Å². The number of aliphatic hydroxyl groups is 1. The number of alkyl halides is 3. The van der Waals surface area contributed by atoms with Crippen molar-refractivity contribution >= 4 is 5.82 Å². The van der Waals surface area contributed by atoms with Crippen molar-refractivity contribution in [1.82, 2.24) is 9.88 Å². The third-order valence-corrected chi connectivity index (χ3v) is 4.16. The normalized spacial score (nSPS) is 17.3. The number of piperidine rings is 1. The van der Waals surface area contributed by atoms with Gasteiger partial charge in [0.15, 0.2) is 0 Å². The highest BCUT2D eigenvalue weighted by Gasteiger charge is 2.31. The van der Waals surface area contributed by atoms with Crippen LogP contribution in [0.1, 0.15) is 24.8 Å². The lowest BCUT2D eigenvalue weighted by Gasteiger charge is -2.37. The van der Waals surface area contributed by atoms with E-state index in [2.05, 4.69) is 9.88 Å². The third-order valence-electron chi connectivity index (χ3n) is 4.16. The van der Waals surface area contributed by atoms with Gasteiger partial charge in [0.05, 0.1) is 5.56 Å². The second kappa shape index (κ2) is 7.28. The highest BCUT2D eigenvalue weighted by molar-refractivity contribution is 5.40. The van der Waals surface area contributed by atoms with Crippen LogP contribution in [0.5, 0.6) is 0 Å². The number of rotatable bonds is 5. The molecule has 0 unspecified atom stereocenters. The van der Waals surface area contributed by atoms with Crippen molar-refractivity contribution in [2.24, 2.45) is 0 Å². The van der Waals surface area contributed by atoms with Gasteiger partial charge < -0.3 is 14.9 Å². The molecule has 0 radical (unpaired) electrons. The molecule has 124 valence electrons. The lowest BCUT2D eigenvalue weighted by Crippen LogP contribution is -2.44.